The van der Waals surface area contributed by atoms with Crippen molar-refractivity contribution in [3.05, 3.63) is 24.2 Å². The maximum absolute atomic E-state index is 11.9. The van der Waals surface area contributed by atoms with Gasteiger partial charge < -0.3 is 9.32 Å². The van der Waals surface area contributed by atoms with Crippen LogP contribution in [0.2, 0.25) is 0 Å². The lowest BCUT2D eigenvalue weighted by Crippen LogP contribution is -2.43. The van der Waals surface area contributed by atoms with Crippen molar-refractivity contribution in [3.63, 3.8) is 0 Å². The highest BCUT2D eigenvalue weighted by atomic mass is 16.3. The highest BCUT2D eigenvalue weighted by molar-refractivity contribution is 6.42. The number of hydrogen-bond acceptors (Lipinski definition) is 4. The van der Waals surface area contributed by atoms with Gasteiger partial charge in [-0.1, -0.05) is 0 Å². The van der Waals surface area contributed by atoms with Crippen molar-refractivity contribution < 1.29 is 18.8 Å². The molecule has 1 fully saturated rings. The number of carbonyl (C=O) groups is 3. The first-order chi connectivity index (χ1) is 8.11. The van der Waals surface area contributed by atoms with E-state index in [1.807, 2.05) is 0 Å². The molecule has 0 saturated carbocycles. The largest absolute Gasteiger partial charge is 0.461 e. The van der Waals surface area contributed by atoms with E-state index in [0.29, 0.717) is 13.0 Å². The number of furan rings is 1. The molecule has 2 rings (SSSR count). The predicted octanol–water partition coefficient (Wildman–Crippen LogP) is 1.04. The van der Waals surface area contributed by atoms with Gasteiger partial charge in [0.2, 0.25) is 0 Å². The second-order valence-electron chi connectivity index (χ2n) is 4.07. The van der Waals surface area contributed by atoms with Gasteiger partial charge in [0.1, 0.15) is 0 Å². The van der Waals surface area contributed by atoms with E-state index in [-0.39, 0.29) is 11.5 Å². The van der Waals surface area contributed by atoms with Gasteiger partial charge in [0.05, 0.1) is 12.3 Å². The van der Waals surface area contributed by atoms with Gasteiger partial charge in [0.15, 0.2) is 11.5 Å². The third-order valence-corrected chi connectivity index (χ3v) is 2.92. The van der Waals surface area contributed by atoms with Gasteiger partial charge in [-0.3, -0.25) is 14.4 Å². The van der Waals surface area contributed by atoms with Crippen LogP contribution in [0.4, 0.5) is 0 Å². The number of carbonyl (C=O) groups excluding carboxylic acids is 3. The van der Waals surface area contributed by atoms with E-state index >= 15 is 0 Å². The Balaban J connectivity index is 2.15. The summed E-state index contributed by atoms with van der Waals surface area (Å²) in [6, 6.07) is 2.54. The van der Waals surface area contributed by atoms with Crippen LogP contribution >= 0.6 is 0 Å². The Hall–Kier alpha value is -1.91. The molecular weight excluding hydrogens is 222 g/mol. The summed E-state index contributed by atoms with van der Waals surface area (Å²) >= 11 is 0. The topological polar surface area (TPSA) is 67.6 Å². The van der Waals surface area contributed by atoms with E-state index in [1.54, 1.807) is 6.07 Å². The molecule has 1 aromatic heterocycles. The first-order valence-corrected chi connectivity index (χ1v) is 5.50. The van der Waals surface area contributed by atoms with E-state index in [9.17, 15) is 14.4 Å². The fraction of sp³-hybridized carbons (Fsp3) is 0.417. The maximum atomic E-state index is 11.9. The molecule has 0 aromatic carbocycles. The molecule has 0 aliphatic carbocycles. The van der Waals surface area contributed by atoms with Crippen LogP contribution in [-0.2, 0) is 9.59 Å². The zero-order valence-electron chi connectivity index (χ0n) is 9.51. The number of likely N-dealkylation sites (tertiary alicyclic amines) is 1. The monoisotopic (exact) mass is 235 g/mol. The lowest BCUT2D eigenvalue weighted by atomic mass is 10.1. The second-order valence-corrected chi connectivity index (χ2v) is 4.07. The van der Waals surface area contributed by atoms with Crippen LogP contribution < -0.4 is 0 Å². The number of Topliss-reactive ketones (excluding diaryl/α,β-unsaturated/α-hetero) is 2. The third-order valence-electron chi connectivity index (χ3n) is 2.92. The van der Waals surface area contributed by atoms with E-state index in [0.717, 1.165) is 6.42 Å². The van der Waals surface area contributed by atoms with Crippen molar-refractivity contribution in [3.8, 4) is 0 Å². The summed E-state index contributed by atoms with van der Waals surface area (Å²) in [7, 11) is 0. The summed E-state index contributed by atoms with van der Waals surface area (Å²) in [5.41, 5.74) is 0. The van der Waals surface area contributed by atoms with Gasteiger partial charge in [-0.15, -0.1) is 0 Å². The van der Waals surface area contributed by atoms with Gasteiger partial charge in [-0.2, -0.15) is 0 Å². The lowest BCUT2D eigenvalue weighted by Gasteiger charge is -2.21. The molecule has 1 aliphatic rings. The molecule has 90 valence electrons. The number of ketones is 2. The Labute approximate surface area is 98.4 Å². The summed E-state index contributed by atoms with van der Waals surface area (Å²) in [6.45, 7) is 1.89. The molecule has 0 spiro atoms. The number of amides is 1. The van der Waals surface area contributed by atoms with Gasteiger partial charge in [-0.25, -0.2) is 0 Å². The standard InChI is InChI=1S/C12H13NO4/c1-8(14)9-4-2-6-13(9)12(16)11(15)10-5-3-7-17-10/h3,5,7,9H,2,4,6H2,1H3/t9-/m0/s1. The molecular formula is C12H13NO4. The smallest absolute Gasteiger partial charge is 0.298 e. The number of nitrogens with zero attached hydrogens (tertiary/aromatic N) is 1. The fourth-order valence-corrected chi connectivity index (χ4v) is 2.08. The van der Waals surface area contributed by atoms with Crippen LogP contribution in [0.5, 0.6) is 0 Å². The van der Waals surface area contributed by atoms with Crippen molar-refractivity contribution >= 4 is 17.5 Å². The molecule has 5 heteroatoms. The normalized spacial score (nSPS) is 19.4. The first-order valence-electron chi connectivity index (χ1n) is 5.50. The van der Waals surface area contributed by atoms with Gasteiger partial charge in [0.25, 0.3) is 11.7 Å². The molecule has 0 unspecified atom stereocenters. The Bertz CT molecular complexity index is 449. The molecule has 2 heterocycles. The zero-order valence-corrected chi connectivity index (χ0v) is 9.51. The van der Waals surface area contributed by atoms with Crippen molar-refractivity contribution in [2.24, 2.45) is 0 Å². The Kier molecular flexibility index (Phi) is 3.08. The average Bonchev–Trinajstić information content (AvgIpc) is 2.97. The number of hydrogen-bond donors (Lipinski definition) is 0. The van der Waals surface area contributed by atoms with Crippen molar-refractivity contribution in [2.75, 3.05) is 6.54 Å². The van der Waals surface area contributed by atoms with Gasteiger partial charge >= 0.3 is 0 Å². The fourth-order valence-electron chi connectivity index (χ4n) is 2.08. The third kappa shape index (κ3) is 2.13. The zero-order chi connectivity index (χ0) is 12.4. The lowest BCUT2D eigenvalue weighted by molar-refractivity contribution is -0.133. The van der Waals surface area contributed by atoms with Gasteiger partial charge in [-0.05, 0) is 31.9 Å². The Morgan fingerprint density at radius 2 is 2.18 bits per heavy atom. The van der Waals surface area contributed by atoms with Crippen LogP contribution in [0.25, 0.3) is 0 Å². The minimum absolute atomic E-state index is 0.0178. The van der Waals surface area contributed by atoms with Crippen molar-refractivity contribution in [1.29, 1.82) is 0 Å². The van der Waals surface area contributed by atoms with E-state index in [4.69, 9.17) is 4.42 Å². The SMILES string of the molecule is CC(=O)[C@@H]1CCCN1C(=O)C(=O)c1ccco1. The quantitative estimate of drug-likeness (QED) is 0.580. The molecule has 17 heavy (non-hydrogen) atoms. The molecule has 1 aromatic rings. The summed E-state index contributed by atoms with van der Waals surface area (Å²) in [5, 5.41) is 0. The highest BCUT2D eigenvalue weighted by Crippen LogP contribution is 2.19. The van der Waals surface area contributed by atoms with E-state index < -0.39 is 17.7 Å². The second kappa shape index (κ2) is 4.53. The van der Waals surface area contributed by atoms with Crippen LogP contribution in [0, 0.1) is 0 Å². The molecule has 1 amide bonds. The first kappa shape index (κ1) is 11.6. The molecule has 0 N–H and O–H groups in total. The predicted molar refractivity (Wildman–Crippen MR) is 58.5 cm³/mol. The Morgan fingerprint density at radius 1 is 1.41 bits per heavy atom. The molecule has 1 atom stereocenters. The molecule has 1 saturated heterocycles. The summed E-state index contributed by atoms with van der Waals surface area (Å²) in [6.07, 6.45) is 2.72. The van der Waals surface area contributed by atoms with Crippen LogP contribution in [0.15, 0.2) is 22.8 Å². The summed E-state index contributed by atoms with van der Waals surface area (Å²) < 4.78 is 4.89. The average molecular weight is 235 g/mol. The number of rotatable bonds is 3. The van der Waals surface area contributed by atoms with Gasteiger partial charge in [0, 0.05) is 6.54 Å². The van der Waals surface area contributed by atoms with Crippen LogP contribution in [-0.4, -0.2) is 35.0 Å². The molecule has 0 radical (unpaired) electrons. The van der Waals surface area contributed by atoms with Crippen LogP contribution in [0.1, 0.15) is 30.3 Å². The molecule has 5 nitrogen and oxygen atoms in total. The highest BCUT2D eigenvalue weighted by Gasteiger charge is 2.35. The van der Waals surface area contributed by atoms with E-state index in [2.05, 4.69) is 0 Å². The molecule has 1 aliphatic heterocycles. The van der Waals surface area contributed by atoms with E-state index in [1.165, 1.54) is 24.2 Å². The van der Waals surface area contributed by atoms with Crippen molar-refractivity contribution in [2.45, 2.75) is 25.8 Å². The summed E-state index contributed by atoms with van der Waals surface area (Å²) in [4.78, 5) is 36.4. The van der Waals surface area contributed by atoms with Crippen LogP contribution in [0.3, 0.4) is 0 Å². The Morgan fingerprint density at radius 3 is 2.76 bits per heavy atom. The van der Waals surface area contributed by atoms with Crippen molar-refractivity contribution in [1.82, 2.24) is 4.90 Å². The molecule has 0 bridgehead atoms. The minimum atomic E-state index is -0.692. The minimum Gasteiger partial charge on any atom is -0.461 e. The maximum Gasteiger partial charge on any atom is 0.298 e. The summed E-state index contributed by atoms with van der Waals surface area (Å²) in [5.74, 6) is -1.41.